The lowest BCUT2D eigenvalue weighted by Crippen LogP contribution is -2.07. The predicted molar refractivity (Wildman–Crippen MR) is 110 cm³/mol. The Hall–Kier alpha value is -3.16. The average molecular weight is 428 g/mol. The lowest BCUT2D eigenvalue weighted by molar-refractivity contribution is 0.0688. The fourth-order valence-corrected chi connectivity index (χ4v) is 3.57. The van der Waals surface area contributed by atoms with E-state index in [9.17, 15) is 9.90 Å². The second-order valence-corrected chi connectivity index (χ2v) is 7.29. The summed E-state index contributed by atoms with van der Waals surface area (Å²) in [6, 6.07) is 12.7. The number of nitrogens with zero attached hydrogens (tertiary/aromatic N) is 5. The van der Waals surface area contributed by atoms with Gasteiger partial charge in [-0.1, -0.05) is 53.0 Å². The second kappa shape index (κ2) is 7.69. The van der Waals surface area contributed by atoms with E-state index in [1.54, 1.807) is 27.6 Å². The molecular formula is C20H15Cl2N5O2. The van der Waals surface area contributed by atoms with Gasteiger partial charge in [-0.05, 0) is 25.1 Å². The van der Waals surface area contributed by atoms with Crippen LogP contribution in [0.15, 0.2) is 55.1 Å². The summed E-state index contributed by atoms with van der Waals surface area (Å²) in [5.74, 6) is -1.14. The molecular weight excluding hydrogens is 413 g/mol. The third-order valence-electron chi connectivity index (χ3n) is 4.44. The van der Waals surface area contributed by atoms with E-state index >= 15 is 0 Å². The van der Waals surface area contributed by atoms with Crippen LogP contribution < -0.4 is 0 Å². The van der Waals surface area contributed by atoms with Crippen LogP contribution in [0.3, 0.4) is 0 Å². The van der Waals surface area contributed by atoms with Gasteiger partial charge in [0.15, 0.2) is 5.69 Å². The number of aromatic nitrogens is 5. The summed E-state index contributed by atoms with van der Waals surface area (Å²) in [5.41, 5.74) is 3.44. The Kier molecular flexibility index (Phi) is 5.08. The predicted octanol–water partition coefficient (Wildman–Crippen LogP) is 4.49. The van der Waals surface area contributed by atoms with Crippen molar-refractivity contribution in [3.8, 4) is 16.9 Å². The first-order valence-electron chi connectivity index (χ1n) is 8.64. The van der Waals surface area contributed by atoms with Crippen molar-refractivity contribution in [2.75, 3.05) is 0 Å². The molecule has 0 fully saturated rings. The average Bonchev–Trinajstić information content (AvgIpc) is 3.31. The largest absolute Gasteiger partial charge is 0.476 e. The highest BCUT2D eigenvalue weighted by Gasteiger charge is 2.26. The number of halogens is 2. The van der Waals surface area contributed by atoms with Crippen LogP contribution in [0.2, 0.25) is 10.0 Å². The molecule has 0 aliphatic rings. The topological polar surface area (TPSA) is 85.8 Å². The van der Waals surface area contributed by atoms with E-state index in [0.717, 1.165) is 11.1 Å². The van der Waals surface area contributed by atoms with Gasteiger partial charge in [0.25, 0.3) is 0 Å². The molecule has 146 valence electrons. The number of aryl methyl sites for hydroxylation is 1. The van der Waals surface area contributed by atoms with Crippen LogP contribution in [0.25, 0.3) is 16.9 Å². The Morgan fingerprint density at radius 1 is 1.14 bits per heavy atom. The van der Waals surface area contributed by atoms with Gasteiger partial charge in [0.05, 0.1) is 22.9 Å². The third-order valence-corrected chi connectivity index (χ3v) is 4.97. The van der Waals surface area contributed by atoms with Crippen LogP contribution in [-0.2, 0) is 6.54 Å². The molecule has 2 aromatic carbocycles. The fraction of sp³-hybridized carbons (Fsp3) is 0.100. The second-order valence-electron chi connectivity index (χ2n) is 6.45. The van der Waals surface area contributed by atoms with Crippen molar-refractivity contribution < 1.29 is 9.90 Å². The summed E-state index contributed by atoms with van der Waals surface area (Å²) in [5, 5.41) is 19.1. The Morgan fingerprint density at radius 3 is 2.52 bits per heavy atom. The molecule has 0 amide bonds. The highest BCUT2D eigenvalue weighted by atomic mass is 35.5. The molecule has 4 aromatic rings. The lowest BCUT2D eigenvalue weighted by Gasteiger charge is -2.12. The molecule has 0 atom stereocenters. The van der Waals surface area contributed by atoms with E-state index in [-0.39, 0.29) is 12.2 Å². The molecule has 0 saturated carbocycles. The molecule has 7 nitrogen and oxygen atoms in total. The van der Waals surface area contributed by atoms with Crippen LogP contribution >= 0.6 is 23.2 Å². The van der Waals surface area contributed by atoms with E-state index in [1.807, 2.05) is 31.2 Å². The Morgan fingerprint density at radius 2 is 1.90 bits per heavy atom. The summed E-state index contributed by atoms with van der Waals surface area (Å²) in [6.07, 6.45) is 2.92. The minimum absolute atomic E-state index is 0.0814. The number of benzene rings is 2. The summed E-state index contributed by atoms with van der Waals surface area (Å²) in [6.45, 7) is 2.17. The molecule has 0 saturated heterocycles. The van der Waals surface area contributed by atoms with Crippen LogP contribution in [0.4, 0.5) is 0 Å². The van der Waals surface area contributed by atoms with Crippen LogP contribution in [-0.4, -0.2) is 35.6 Å². The van der Waals surface area contributed by atoms with Gasteiger partial charge < -0.3 is 5.11 Å². The van der Waals surface area contributed by atoms with Gasteiger partial charge in [-0.3, -0.25) is 0 Å². The summed E-state index contributed by atoms with van der Waals surface area (Å²) in [7, 11) is 0. The summed E-state index contributed by atoms with van der Waals surface area (Å²) < 4.78 is 3.09. The maximum atomic E-state index is 12.0. The quantitative estimate of drug-likeness (QED) is 0.506. The number of carboxylic acid groups (broad SMARTS) is 1. The Bertz CT molecular complexity index is 1180. The zero-order chi connectivity index (χ0) is 20.5. The summed E-state index contributed by atoms with van der Waals surface area (Å²) in [4.78, 5) is 15.9. The molecule has 0 aliphatic carbocycles. The maximum absolute atomic E-state index is 12.0. The van der Waals surface area contributed by atoms with E-state index in [2.05, 4.69) is 15.2 Å². The van der Waals surface area contributed by atoms with Gasteiger partial charge in [0, 0.05) is 16.1 Å². The van der Waals surface area contributed by atoms with E-state index in [0.29, 0.717) is 27.0 Å². The first-order valence-corrected chi connectivity index (χ1v) is 9.39. The molecule has 4 rings (SSSR count). The molecule has 0 spiro atoms. The van der Waals surface area contributed by atoms with Gasteiger partial charge in [0.2, 0.25) is 0 Å². The smallest absolute Gasteiger partial charge is 0.356 e. The minimum atomic E-state index is -1.14. The highest BCUT2D eigenvalue weighted by Crippen LogP contribution is 2.33. The zero-order valence-corrected chi connectivity index (χ0v) is 16.8. The number of aromatic carboxylic acids is 1. The van der Waals surface area contributed by atoms with Crippen LogP contribution in [0.1, 0.15) is 21.6 Å². The molecule has 2 aromatic heterocycles. The minimum Gasteiger partial charge on any atom is -0.476 e. The van der Waals surface area contributed by atoms with Gasteiger partial charge in [-0.25, -0.2) is 19.1 Å². The Labute approximate surface area is 176 Å². The molecule has 1 N–H and O–H groups in total. The van der Waals surface area contributed by atoms with Crippen LogP contribution in [0.5, 0.6) is 0 Å². The molecule has 0 radical (unpaired) electrons. The zero-order valence-electron chi connectivity index (χ0n) is 15.3. The number of carboxylic acids is 1. The lowest BCUT2D eigenvalue weighted by atomic mass is 10.0. The first-order chi connectivity index (χ1) is 13.9. The first kappa shape index (κ1) is 19.2. The van der Waals surface area contributed by atoms with Crippen molar-refractivity contribution in [2.24, 2.45) is 0 Å². The van der Waals surface area contributed by atoms with Gasteiger partial charge in [-0.15, -0.1) is 0 Å². The number of rotatable bonds is 5. The van der Waals surface area contributed by atoms with E-state index in [4.69, 9.17) is 23.2 Å². The molecule has 29 heavy (non-hydrogen) atoms. The SMILES string of the molecule is Cc1ccc(-c2c(Cn3cncn3)c(C(=O)O)nn2-c2ccc(Cl)cc2Cl)cc1. The van der Waals surface area contributed by atoms with Crippen molar-refractivity contribution in [1.82, 2.24) is 24.5 Å². The van der Waals surface area contributed by atoms with E-state index in [1.165, 1.54) is 12.7 Å². The normalized spacial score (nSPS) is 11.0. The number of hydrogen-bond donors (Lipinski definition) is 1. The maximum Gasteiger partial charge on any atom is 0.356 e. The fourth-order valence-electron chi connectivity index (χ4n) is 3.08. The van der Waals surface area contributed by atoms with Crippen molar-refractivity contribution in [1.29, 1.82) is 0 Å². The third kappa shape index (κ3) is 3.74. The molecule has 0 unspecified atom stereocenters. The summed E-state index contributed by atoms with van der Waals surface area (Å²) >= 11 is 12.4. The van der Waals surface area contributed by atoms with Crippen LogP contribution in [0, 0.1) is 6.92 Å². The Balaban J connectivity index is 2.01. The highest BCUT2D eigenvalue weighted by molar-refractivity contribution is 6.35. The standard InChI is InChI=1S/C20H15Cl2N5O2/c1-12-2-4-13(5-3-12)19-15(9-26-11-23-10-24-26)18(20(28)29)25-27(19)17-7-6-14(21)8-16(17)22/h2-8,10-11H,9H2,1H3,(H,28,29). The molecule has 9 heteroatoms. The van der Waals surface area contributed by atoms with Gasteiger partial charge >= 0.3 is 5.97 Å². The van der Waals surface area contributed by atoms with Crippen molar-refractivity contribution >= 4 is 29.2 Å². The molecule has 0 aliphatic heterocycles. The number of hydrogen-bond acceptors (Lipinski definition) is 4. The van der Waals surface area contributed by atoms with Gasteiger partial charge in [-0.2, -0.15) is 10.2 Å². The van der Waals surface area contributed by atoms with Crippen molar-refractivity contribution in [3.63, 3.8) is 0 Å². The van der Waals surface area contributed by atoms with E-state index < -0.39 is 5.97 Å². The molecule has 2 heterocycles. The van der Waals surface area contributed by atoms with Crippen molar-refractivity contribution in [2.45, 2.75) is 13.5 Å². The molecule has 0 bridgehead atoms. The van der Waals surface area contributed by atoms with Crippen molar-refractivity contribution in [3.05, 3.63) is 82.0 Å². The van der Waals surface area contributed by atoms with Gasteiger partial charge in [0.1, 0.15) is 12.7 Å². The number of carbonyl (C=O) groups is 1. The monoisotopic (exact) mass is 427 g/mol.